The number of nitrogens with one attached hydrogen (secondary N) is 1. The van der Waals surface area contributed by atoms with Crippen LogP contribution >= 0.6 is 0 Å². The van der Waals surface area contributed by atoms with Crippen molar-refractivity contribution in [3.05, 3.63) is 101 Å². The standard InChI is InChI=1S/C31H29N3O5S/c1-31(2,3)34-29(35)17-28(40(34,37)38)21-14-12-20(13-15-21)16-22(18-32)33-30(36)39-19-27-25-10-6-4-8-23(25)24-9-5-7-11-26(24)27/h4-15,17,22,27H,16,19H2,1-3H3,(H,33,36). The molecule has 0 saturated carbocycles. The fourth-order valence-electron chi connectivity index (χ4n) is 5.34. The number of ether oxygens (including phenoxy) is 1. The van der Waals surface area contributed by atoms with Crippen molar-refractivity contribution in [1.29, 1.82) is 5.26 Å². The molecule has 1 heterocycles. The van der Waals surface area contributed by atoms with Crippen molar-refractivity contribution in [2.75, 3.05) is 6.61 Å². The first-order chi connectivity index (χ1) is 19.0. The molecular formula is C31H29N3O5S. The summed E-state index contributed by atoms with van der Waals surface area (Å²) in [6.07, 6.45) is 0.639. The molecule has 1 unspecified atom stereocenters. The molecule has 9 heteroatoms. The highest BCUT2D eigenvalue weighted by molar-refractivity contribution is 7.99. The third kappa shape index (κ3) is 4.98. The molecule has 0 fully saturated rings. The number of benzene rings is 3. The van der Waals surface area contributed by atoms with Gasteiger partial charge in [-0.05, 0) is 54.2 Å². The number of rotatable bonds is 6. The van der Waals surface area contributed by atoms with E-state index in [1.807, 2.05) is 36.4 Å². The summed E-state index contributed by atoms with van der Waals surface area (Å²) in [4.78, 5) is 25.0. The molecule has 1 atom stereocenters. The van der Waals surface area contributed by atoms with Gasteiger partial charge in [-0.2, -0.15) is 5.26 Å². The van der Waals surface area contributed by atoms with Gasteiger partial charge in [0.05, 0.1) is 11.6 Å². The first-order valence-electron chi connectivity index (χ1n) is 12.9. The van der Waals surface area contributed by atoms with Crippen LogP contribution in [0.2, 0.25) is 0 Å². The molecule has 2 amide bonds. The van der Waals surface area contributed by atoms with Gasteiger partial charge in [-0.3, -0.25) is 4.79 Å². The van der Waals surface area contributed by atoms with Crippen LogP contribution < -0.4 is 5.32 Å². The van der Waals surface area contributed by atoms with E-state index in [1.165, 1.54) is 0 Å². The third-order valence-electron chi connectivity index (χ3n) is 7.05. The smallest absolute Gasteiger partial charge is 0.408 e. The van der Waals surface area contributed by atoms with Crippen molar-refractivity contribution in [2.24, 2.45) is 0 Å². The molecule has 0 saturated heterocycles. The summed E-state index contributed by atoms with van der Waals surface area (Å²) in [5.41, 5.74) is 4.65. The van der Waals surface area contributed by atoms with Crippen LogP contribution in [0, 0.1) is 11.3 Å². The van der Waals surface area contributed by atoms with Crippen LogP contribution in [-0.4, -0.2) is 42.9 Å². The highest BCUT2D eigenvalue weighted by Crippen LogP contribution is 2.44. The van der Waals surface area contributed by atoms with Crippen molar-refractivity contribution in [1.82, 2.24) is 9.62 Å². The van der Waals surface area contributed by atoms with Crippen molar-refractivity contribution in [2.45, 2.75) is 44.7 Å². The first kappa shape index (κ1) is 27.2. The summed E-state index contributed by atoms with van der Waals surface area (Å²) < 4.78 is 32.4. The van der Waals surface area contributed by atoms with Crippen LogP contribution in [0.1, 0.15) is 48.9 Å². The fraction of sp³-hybridized carbons (Fsp3) is 0.258. The normalized spacial score (nSPS) is 16.5. The van der Waals surface area contributed by atoms with Crippen LogP contribution in [0.3, 0.4) is 0 Å². The van der Waals surface area contributed by atoms with E-state index < -0.39 is 33.6 Å². The molecule has 2 aliphatic rings. The second-order valence-corrected chi connectivity index (χ2v) is 12.6. The lowest BCUT2D eigenvalue weighted by Crippen LogP contribution is -2.45. The molecule has 1 N–H and O–H groups in total. The van der Waals surface area contributed by atoms with Gasteiger partial charge in [-0.1, -0.05) is 72.8 Å². The molecule has 40 heavy (non-hydrogen) atoms. The van der Waals surface area contributed by atoms with Gasteiger partial charge in [0, 0.05) is 18.4 Å². The number of fused-ring (bicyclic) bond motifs is 3. The Kier molecular flexibility index (Phi) is 6.98. The maximum Gasteiger partial charge on any atom is 0.408 e. The monoisotopic (exact) mass is 555 g/mol. The lowest BCUT2D eigenvalue weighted by Gasteiger charge is -2.30. The predicted molar refractivity (Wildman–Crippen MR) is 151 cm³/mol. The summed E-state index contributed by atoms with van der Waals surface area (Å²) in [5, 5.41) is 12.3. The van der Waals surface area contributed by atoms with Crippen molar-refractivity contribution >= 4 is 26.9 Å². The molecule has 3 aromatic rings. The Morgan fingerprint density at radius 2 is 1.57 bits per heavy atom. The van der Waals surface area contributed by atoms with E-state index in [0.717, 1.165) is 32.6 Å². The Bertz CT molecular complexity index is 1620. The lowest BCUT2D eigenvalue weighted by molar-refractivity contribution is -0.123. The van der Waals surface area contributed by atoms with Crippen LogP contribution in [0.4, 0.5) is 4.79 Å². The Hall–Kier alpha value is -4.42. The molecular weight excluding hydrogens is 526 g/mol. The van der Waals surface area contributed by atoms with Gasteiger partial charge >= 0.3 is 6.09 Å². The molecule has 0 aromatic heterocycles. The number of carbonyl (C=O) groups excluding carboxylic acids is 2. The molecule has 8 nitrogen and oxygen atoms in total. The van der Waals surface area contributed by atoms with Crippen molar-refractivity contribution in [3.63, 3.8) is 0 Å². The second-order valence-electron chi connectivity index (χ2n) is 10.8. The van der Waals surface area contributed by atoms with Crippen molar-refractivity contribution < 1.29 is 22.7 Å². The Balaban J connectivity index is 1.22. The third-order valence-corrected chi connectivity index (χ3v) is 9.17. The summed E-state index contributed by atoms with van der Waals surface area (Å²) in [6.45, 7) is 5.12. The number of nitriles is 1. The van der Waals surface area contributed by atoms with E-state index in [9.17, 15) is 23.3 Å². The fourth-order valence-corrected chi connectivity index (χ4v) is 7.23. The zero-order valence-electron chi connectivity index (χ0n) is 22.4. The molecule has 5 rings (SSSR count). The summed E-state index contributed by atoms with van der Waals surface area (Å²) in [5.74, 6) is -0.670. The summed E-state index contributed by atoms with van der Waals surface area (Å²) in [6, 6.07) is 23.9. The number of alkyl carbamates (subject to hydrolysis) is 1. The van der Waals surface area contributed by atoms with E-state index in [0.29, 0.717) is 11.1 Å². The van der Waals surface area contributed by atoms with E-state index in [1.54, 1.807) is 45.0 Å². The minimum atomic E-state index is -3.98. The van der Waals surface area contributed by atoms with Gasteiger partial charge in [0.2, 0.25) is 0 Å². The Labute approximate surface area is 233 Å². The van der Waals surface area contributed by atoms with Gasteiger partial charge in [0.15, 0.2) is 0 Å². The van der Waals surface area contributed by atoms with Crippen LogP contribution in [0.5, 0.6) is 0 Å². The molecule has 204 valence electrons. The SMILES string of the molecule is CC(C)(C)N1C(=O)C=C(c2ccc(CC(C#N)NC(=O)OCC3c4ccccc4-c4ccccc43)cc2)S1(=O)=O. The topological polar surface area (TPSA) is 117 Å². The molecule has 0 spiro atoms. The Morgan fingerprint density at radius 1 is 1.00 bits per heavy atom. The quantitative estimate of drug-likeness (QED) is 0.459. The molecule has 1 aliphatic carbocycles. The number of nitrogens with zero attached hydrogens (tertiary/aromatic N) is 2. The van der Waals surface area contributed by atoms with Crippen molar-refractivity contribution in [3.8, 4) is 17.2 Å². The molecule has 0 radical (unpaired) electrons. The van der Waals surface area contributed by atoms with Gasteiger partial charge in [-0.15, -0.1) is 0 Å². The second kappa shape index (κ2) is 10.3. The van der Waals surface area contributed by atoms with Gasteiger partial charge in [0.25, 0.3) is 15.9 Å². The predicted octanol–water partition coefficient (Wildman–Crippen LogP) is 4.97. The highest BCUT2D eigenvalue weighted by atomic mass is 32.2. The van der Waals surface area contributed by atoms with Crippen LogP contribution in [0.15, 0.2) is 78.9 Å². The number of hydrogen-bond donors (Lipinski definition) is 1. The number of sulfonamides is 1. The van der Waals surface area contributed by atoms with E-state index in [2.05, 4.69) is 23.5 Å². The maximum atomic E-state index is 13.0. The minimum absolute atomic E-state index is 0.0624. The number of amides is 2. The van der Waals surface area contributed by atoms with E-state index >= 15 is 0 Å². The average molecular weight is 556 g/mol. The zero-order chi connectivity index (χ0) is 28.7. The summed E-state index contributed by atoms with van der Waals surface area (Å²) in [7, 11) is -3.98. The number of carbonyl (C=O) groups is 2. The molecule has 3 aromatic carbocycles. The highest BCUT2D eigenvalue weighted by Gasteiger charge is 2.44. The molecule has 1 aliphatic heterocycles. The first-order valence-corrected chi connectivity index (χ1v) is 14.4. The van der Waals surface area contributed by atoms with Crippen LogP contribution in [-0.2, 0) is 26.0 Å². The zero-order valence-corrected chi connectivity index (χ0v) is 23.2. The van der Waals surface area contributed by atoms with Gasteiger partial charge in [0.1, 0.15) is 17.6 Å². The lowest BCUT2D eigenvalue weighted by atomic mass is 9.98. The summed E-state index contributed by atoms with van der Waals surface area (Å²) >= 11 is 0. The average Bonchev–Trinajstić information content (AvgIpc) is 3.37. The maximum absolute atomic E-state index is 13.0. The Morgan fingerprint density at radius 3 is 2.10 bits per heavy atom. The van der Waals surface area contributed by atoms with Crippen LogP contribution in [0.25, 0.3) is 16.0 Å². The van der Waals surface area contributed by atoms with E-state index in [-0.39, 0.29) is 23.9 Å². The van der Waals surface area contributed by atoms with Gasteiger partial charge < -0.3 is 10.1 Å². The largest absolute Gasteiger partial charge is 0.449 e. The minimum Gasteiger partial charge on any atom is -0.449 e. The van der Waals surface area contributed by atoms with Gasteiger partial charge in [-0.25, -0.2) is 17.5 Å². The molecule has 0 bridgehead atoms. The van der Waals surface area contributed by atoms with E-state index in [4.69, 9.17) is 4.74 Å². The number of hydrogen-bond acceptors (Lipinski definition) is 6.